The van der Waals surface area contributed by atoms with Crippen LogP contribution in [0.25, 0.3) is 21.5 Å². The number of ether oxygens (including phenoxy) is 14. The molecule has 32 nitrogen and oxygen atoms in total. The van der Waals surface area contributed by atoms with Crippen molar-refractivity contribution in [1.82, 2.24) is 7.94 Å². The van der Waals surface area contributed by atoms with Gasteiger partial charge in [-0.3, -0.25) is 57.5 Å². The smallest absolute Gasteiger partial charge is 0.454 e. The summed E-state index contributed by atoms with van der Waals surface area (Å²) in [4.78, 5) is 148. The second-order valence-electron chi connectivity index (χ2n) is 21.5. The van der Waals surface area contributed by atoms with Gasteiger partial charge in [0.05, 0.1) is 34.8 Å². The maximum atomic E-state index is 15.5. The number of carbonyl (C=O) groups is 8. The number of benzene rings is 1. The zero-order valence-corrected chi connectivity index (χ0v) is 54.2. The number of halogens is 16. The standard InChI is InChI=1S/C52H52F16N2O30S2/c1-19(71)89-17-31-33(91-21(3)73)35(93-23(5)75)37(95-25(7)77)43(97-31)87-13-9-11-45(53,54)47(57,58)99-49(61,62)51(65,66)101(83,84)69-39(79)27-15-29-30(16-28(27)40(69)80)42(82)70(41(29)81)102(85,86)52(67,68)50(63,64)100-48(59,60)46(55,56)12-10-14-88-44-38(96-26(8)78)36(94-24(6)76)34(92-22(4)74)32(98-44)18-90-20(2)72/h15-16,31-38,43-44H,9-14,17-18H2,1-8H3/t31?,32?,33-,34-,35+,36+,37?,38?,43-,44-/m1/s1. The molecule has 0 spiro atoms. The van der Waals surface area contributed by atoms with Crippen molar-refractivity contribution in [3.63, 3.8) is 0 Å². The summed E-state index contributed by atoms with van der Waals surface area (Å²) < 4.78 is 357. The number of hydrogen-bond donors (Lipinski definition) is 0. The summed E-state index contributed by atoms with van der Waals surface area (Å²) in [7, 11) is -16.2. The fourth-order valence-corrected chi connectivity index (χ4v) is 11.8. The lowest BCUT2D eigenvalue weighted by Crippen LogP contribution is -2.63. The Labute approximate surface area is 557 Å². The van der Waals surface area contributed by atoms with Crippen LogP contribution in [-0.4, -0.2) is 207 Å². The first-order chi connectivity index (χ1) is 46.4. The Balaban J connectivity index is 1.37. The van der Waals surface area contributed by atoms with E-state index in [2.05, 4.69) is 9.47 Å². The monoisotopic (exact) mass is 1550 g/mol. The highest BCUT2D eigenvalue weighted by Crippen LogP contribution is 2.51. The molecule has 0 amide bonds. The molecule has 5 rings (SSSR count). The largest absolute Gasteiger partial charge is 0.463 e. The van der Waals surface area contributed by atoms with Gasteiger partial charge >= 0.3 is 115 Å². The quantitative estimate of drug-likeness (QED) is 0.0375. The third-order valence-corrected chi connectivity index (χ3v) is 17.1. The van der Waals surface area contributed by atoms with Gasteiger partial charge in [0.25, 0.3) is 22.2 Å². The fraction of sp³-hybridized carbons (Fsp3) is 0.654. The molecule has 102 heavy (non-hydrogen) atoms. The predicted octanol–water partition coefficient (Wildman–Crippen LogP) is 2.89. The Morgan fingerprint density at radius 1 is 0.382 bits per heavy atom. The third kappa shape index (κ3) is 17.5. The summed E-state index contributed by atoms with van der Waals surface area (Å²) in [6.45, 7) is 1.74. The molecular weight excluding hydrogens is 1500 g/mol. The number of aromatic nitrogens is 2. The van der Waals surface area contributed by atoms with Gasteiger partial charge in [-0.2, -0.15) is 95.0 Å². The maximum absolute atomic E-state index is 15.5. The molecule has 2 aromatic heterocycles. The van der Waals surface area contributed by atoms with Crippen LogP contribution in [0.5, 0.6) is 0 Å². The first-order valence-corrected chi connectivity index (χ1v) is 31.0. The van der Waals surface area contributed by atoms with E-state index in [1.165, 1.54) is 0 Å². The van der Waals surface area contributed by atoms with Crippen LogP contribution < -0.4 is 22.2 Å². The minimum Gasteiger partial charge on any atom is -0.463 e. The number of rotatable bonds is 32. The lowest BCUT2D eigenvalue weighted by Gasteiger charge is -2.44. The van der Waals surface area contributed by atoms with E-state index in [9.17, 15) is 91.9 Å². The molecule has 4 heterocycles. The van der Waals surface area contributed by atoms with E-state index in [-0.39, 0.29) is 0 Å². The van der Waals surface area contributed by atoms with Crippen LogP contribution in [0.1, 0.15) is 81.1 Å². The summed E-state index contributed by atoms with van der Waals surface area (Å²) in [5, 5.41) is -23.0. The predicted molar refractivity (Wildman–Crippen MR) is 290 cm³/mol. The van der Waals surface area contributed by atoms with Crippen molar-refractivity contribution in [3.8, 4) is 0 Å². The first kappa shape index (κ1) is 84.5. The summed E-state index contributed by atoms with van der Waals surface area (Å²) in [5.41, 5.74) is -11.9. The van der Waals surface area contributed by atoms with E-state index in [1.807, 2.05) is 0 Å². The molecule has 50 heteroatoms. The zero-order valence-electron chi connectivity index (χ0n) is 52.6. The molecule has 0 N–H and O–H groups in total. The van der Waals surface area contributed by atoms with Crippen LogP contribution >= 0.6 is 0 Å². The second-order valence-corrected chi connectivity index (χ2v) is 25.2. The van der Waals surface area contributed by atoms with Gasteiger partial charge in [-0.1, -0.05) is 0 Å². The van der Waals surface area contributed by atoms with E-state index in [4.69, 9.17) is 56.8 Å². The maximum Gasteiger partial charge on any atom is 0.454 e. The SMILES string of the molecule is CC(=O)OCC1O[C@@H](OCCCC(F)(F)C(F)(F)OC(F)(F)C(F)(F)S(=O)(=O)n2c(=O)c3cc4c(=O)n(S(=O)(=O)C(F)(F)C(F)(F)OC(F)(F)C(F)(F)CCCO[C@@H]5OC(COC(C)=O)[C@@H](OC(C)=O)[C@H](OC(C)=O)C5OC(C)=O)c(=O)c4cc3c2=O)C(OC(C)=O)[C@@H](OC(C)=O)[C@@H]1OC(C)=O. The average molecular weight is 1550 g/mol. The molecule has 2 aliphatic rings. The number of nitrogens with zero attached hydrogens (tertiary/aromatic N) is 2. The van der Waals surface area contributed by atoms with Crippen molar-refractivity contribution in [1.29, 1.82) is 0 Å². The van der Waals surface area contributed by atoms with Gasteiger partial charge in [-0.15, -0.1) is 0 Å². The highest BCUT2D eigenvalue weighted by atomic mass is 32.2. The average Bonchev–Trinajstić information content (AvgIpc) is 1.61. The Hall–Kier alpha value is -8.20. The van der Waals surface area contributed by atoms with E-state index < -0.39 is 292 Å². The number of alkyl halides is 16. The topological polar surface area (TPSA) is 412 Å². The molecule has 0 aliphatic carbocycles. The van der Waals surface area contributed by atoms with Crippen molar-refractivity contribution < 1.29 is 192 Å². The molecule has 4 unspecified atom stereocenters. The number of hydrogen-bond acceptors (Lipinski definition) is 30. The van der Waals surface area contributed by atoms with Gasteiger partial charge < -0.3 is 56.8 Å². The van der Waals surface area contributed by atoms with Gasteiger partial charge in [-0.05, 0) is 25.0 Å². The first-order valence-electron chi connectivity index (χ1n) is 28.1. The third-order valence-electron chi connectivity index (χ3n) is 13.7. The van der Waals surface area contributed by atoms with E-state index in [0.29, 0.717) is 0 Å². The molecule has 0 saturated carbocycles. The molecule has 3 aromatic rings. The van der Waals surface area contributed by atoms with Crippen molar-refractivity contribution in [3.05, 3.63) is 53.5 Å². The van der Waals surface area contributed by atoms with Gasteiger partial charge in [0.2, 0.25) is 0 Å². The summed E-state index contributed by atoms with van der Waals surface area (Å²) in [6, 6.07) is -0.974. The highest BCUT2D eigenvalue weighted by molar-refractivity contribution is 7.91. The Kier molecular flexibility index (Phi) is 25.4. The van der Waals surface area contributed by atoms with Gasteiger partial charge in [0.15, 0.2) is 49.2 Å². The van der Waals surface area contributed by atoms with Gasteiger partial charge in [-0.25, -0.2) is 9.47 Å². The normalized spacial score (nSPS) is 22.2. The highest BCUT2D eigenvalue weighted by Gasteiger charge is 2.76. The molecule has 574 valence electrons. The van der Waals surface area contributed by atoms with Gasteiger partial charge in [0.1, 0.15) is 25.4 Å². The van der Waals surface area contributed by atoms with E-state index >= 15 is 52.7 Å². The molecule has 2 aliphatic heterocycles. The Morgan fingerprint density at radius 2 is 0.627 bits per heavy atom. The van der Waals surface area contributed by atoms with Crippen molar-refractivity contribution >= 4 is 89.3 Å². The van der Waals surface area contributed by atoms with Crippen molar-refractivity contribution in [2.45, 2.75) is 189 Å². The summed E-state index contributed by atoms with van der Waals surface area (Å²) in [5.74, 6) is -21.5. The van der Waals surface area contributed by atoms with Crippen molar-refractivity contribution in [2.24, 2.45) is 0 Å². The van der Waals surface area contributed by atoms with Crippen molar-refractivity contribution in [2.75, 3.05) is 26.4 Å². The van der Waals surface area contributed by atoms with Crippen LogP contribution in [0.15, 0.2) is 31.3 Å². The zero-order chi connectivity index (χ0) is 78.1. The number of fused-ring (bicyclic) bond motifs is 2. The van der Waals surface area contributed by atoms with Crippen LogP contribution in [0.2, 0.25) is 0 Å². The summed E-state index contributed by atoms with van der Waals surface area (Å²) >= 11 is 0. The molecule has 2 fully saturated rings. The number of carbonyl (C=O) groups excluding carboxylic acids is 8. The Morgan fingerprint density at radius 3 is 0.873 bits per heavy atom. The Bertz CT molecular complexity index is 3840. The molecule has 0 bridgehead atoms. The van der Waals surface area contributed by atoms with Gasteiger partial charge in [0, 0.05) is 68.2 Å². The van der Waals surface area contributed by atoms with Crippen LogP contribution in [0.4, 0.5) is 70.2 Å². The molecular formula is C52H52F16N2O30S2. The molecule has 1 aromatic carbocycles. The second kappa shape index (κ2) is 30.6. The van der Waals surface area contributed by atoms with Crippen LogP contribution in [0, 0.1) is 0 Å². The van der Waals surface area contributed by atoms with E-state index in [1.54, 1.807) is 0 Å². The lowest BCUT2D eigenvalue weighted by molar-refractivity contribution is -0.456. The van der Waals surface area contributed by atoms with E-state index in [0.717, 1.165) is 55.4 Å². The molecule has 0 radical (unpaired) electrons. The van der Waals surface area contributed by atoms with Crippen LogP contribution in [-0.2, 0) is 125 Å². The summed E-state index contributed by atoms with van der Waals surface area (Å²) in [6.07, 6.45) is -56.9. The van der Waals surface area contributed by atoms with Crippen LogP contribution in [0.3, 0.4) is 0 Å². The molecule has 10 atom stereocenters. The lowest BCUT2D eigenvalue weighted by atomic mass is 9.98. The number of esters is 8. The molecule has 2 saturated heterocycles. The minimum absolute atomic E-state index is 0.487. The fourth-order valence-electron chi connectivity index (χ4n) is 9.41. The minimum atomic E-state index is -8.09.